The fraction of sp³-hybridized carbons (Fsp3) is 0.379. The molecule has 0 atom stereocenters. The molecule has 0 bridgehead atoms. The summed E-state index contributed by atoms with van der Waals surface area (Å²) in [6.07, 6.45) is 5.61. The zero-order chi connectivity index (χ0) is 24.2. The van der Waals surface area contributed by atoms with E-state index in [0.717, 1.165) is 18.5 Å². The number of carbonyl (C=O) groups is 2. The second-order valence-electron chi connectivity index (χ2n) is 9.29. The van der Waals surface area contributed by atoms with Gasteiger partial charge in [-0.1, -0.05) is 36.8 Å². The van der Waals surface area contributed by atoms with Crippen LogP contribution in [-0.4, -0.2) is 59.2 Å². The third-order valence-electron chi connectivity index (χ3n) is 7.09. The van der Waals surface area contributed by atoms with Gasteiger partial charge in [0.05, 0.1) is 12.3 Å². The summed E-state index contributed by atoms with van der Waals surface area (Å²) in [4.78, 5) is 28.6. The summed E-state index contributed by atoms with van der Waals surface area (Å²) in [6.45, 7) is 4.19. The van der Waals surface area contributed by atoms with Crippen LogP contribution in [0.1, 0.15) is 47.8 Å². The summed E-state index contributed by atoms with van der Waals surface area (Å²) in [5, 5.41) is 0. The number of benzene rings is 2. The number of amides is 2. The van der Waals surface area contributed by atoms with Crippen LogP contribution in [-0.2, 0) is 17.6 Å². The summed E-state index contributed by atoms with van der Waals surface area (Å²) in [7, 11) is 0. The van der Waals surface area contributed by atoms with Crippen molar-refractivity contribution in [3.05, 3.63) is 77.5 Å². The molecule has 2 aromatic carbocycles. The standard InChI is InChI=1S/C29H33N3O3/c1-2-35-29(34)31-19-17-30(18-20-31)28(33)23-13-15-25(16-14-23)32-26-12-8-4-7-11-24(26)21-27(32)22-9-5-3-6-10-22/h3,5-6,9-10,13-16,21H,2,4,7-8,11-12,17-20H2,1H3. The number of hydrogen-bond acceptors (Lipinski definition) is 3. The molecule has 35 heavy (non-hydrogen) atoms. The van der Waals surface area contributed by atoms with E-state index in [-0.39, 0.29) is 12.0 Å². The smallest absolute Gasteiger partial charge is 0.409 e. The van der Waals surface area contributed by atoms with Crippen LogP contribution in [0.4, 0.5) is 4.79 Å². The zero-order valence-corrected chi connectivity index (χ0v) is 20.4. The molecular weight excluding hydrogens is 438 g/mol. The third kappa shape index (κ3) is 4.83. The van der Waals surface area contributed by atoms with Crippen LogP contribution >= 0.6 is 0 Å². The molecule has 5 rings (SSSR count). The molecule has 6 nitrogen and oxygen atoms in total. The van der Waals surface area contributed by atoms with Gasteiger partial charge in [0.2, 0.25) is 0 Å². The molecule has 1 aliphatic carbocycles. The number of ether oxygens (including phenoxy) is 1. The van der Waals surface area contributed by atoms with E-state index >= 15 is 0 Å². The normalized spacial score (nSPS) is 15.9. The molecule has 3 aromatic rings. The number of fused-ring (bicyclic) bond motifs is 1. The number of aryl methyl sites for hydroxylation is 1. The molecular formula is C29H33N3O3. The lowest BCUT2D eigenvalue weighted by molar-refractivity contribution is 0.0570. The van der Waals surface area contributed by atoms with Crippen molar-refractivity contribution >= 4 is 12.0 Å². The number of hydrogen-bond donors (Lipinski definition) is 0. The van der Waals surface area contributed by atoms with Crippen LogP contribution in [0, 0.1) is 0 Å². The highest BCUT2D eigenvalue weighted by atomic mass is 16.6. The van der Waals surface area contributed by atoms with Crippen molar-refractivity contribution in [1.82, 2.24) is 14.4 Å². The lowest BCUT2D eigenvalue weighted by Gasteiger charge is -2.34. The van der Waals surface area contributed by atoms with E-state index in [4.69, 9.17) is 4.74 Å². The second-order valence-corrected chi connectivity index (χ2v) is 9.29. The number of nitrogens with zero attached hydrogens (tertiary/aromatic N) is 3. The molecule has 0 saturated carbocycles. The SMILES string of the molecule is CCOC(=O)N1CCN(C(=O)c2ccc(-n3c(-c4ccccc4)cc4c3CCCCC4)cc2)CC1. The molecule has 6 heteroatoms. The Morgan fingerprint density at radius 3 is 2.23 bits per heavy atom. The predicted octanol–water partition coefficient (Wildman–Crippen LogP) is 5.33. The van der Waals surface area contributed by atoms with Gasteiger partial charge in [-0.15, -0.1) is 0 Å². The van der Waals surface area contributed by atoms with Crippen LogP contribution in [0.3, 0.4) is 0 Å². The highest BCUT2D eigenvalue weighted by molar-refractivity contribution is 5.94. The first-order valence-corrected chi connectivity index (χ1v) is 12.8. The fourth-order valence-electron chi connectivity index (χ4n) is 5.23. The molecule has 1 aliphatic heterocycles. The van der Waals surface area contributed by atoms with Crippen molar-refractivity contribution in [3.8, 4) is 16.9 Å². The summed E-state index contributed by atoms with van der Waals surface area (Å²) in [6, 6.07) is 20.9. The largest absolute Gasteiger partial charge is 0.450 e. The Labute approximate surface area is 207 Å². The fourth-order valence-corrected chi connectivity index (χ4v) is 5.23. The van der Waals surface area contributed by atoms with Crippen LogP contribution in [0.5, 0.6) is 0 Å². The maximum Gasteiger partial charge on any atom is 0.409 e. The predicted molar refractivity (Wildman–Crippen MR) is 137 cm³/mol. The van der Waals surface area contributed by atoms with Gasteiger partial charge >= 0.3 is 6.09 Å². The first-order valence-electron chi connectivity index (χ1n) is 12.8. The maximum absolute atomic E-state index is 13.2. The maximum atomic E-state index is 13.2. The molecule has 1 aromatic heterocycles. The number of aromatic nitrogens is 1. The average Bonchev–Trinajstić information content (AvgIpc) is 3.11. The van der Waals surface area contributed by atoms with Gasteiger partial charge in [-0.05, 0) is 74.1 Å². The second kappa shape index (κ2) is 10.4. The molecule has 0 N–H and O–H groups in total. The van der Waals surface area contributed by atoms with Crippen molar-refractivity contribution < 1.29 is 14.3 Å². The lowest BCUT2D eigenvalue weighted by atomic mass is 10.1. The molecule has 1 saturated heterocycles. The molecule has 0 unspecified atom stereocenters. The molecule has 2 heterocycles. The molecule has 0 radical (unpaired) electrons. The zero-order valence-electron chi connectivity index (χ0n) is 20.4. The van der Waals surface area contributed by atoms with E-state index in [1.165, 1.54) is 41.8 Å². The minimum Gasteiger partial charge on any atom is -0.450 e. The van der Waals surface area contributed by atoms with Gasteiger partial charge in [-0.2, -0.15) is 0 Å². The van der Waals surface area contributed by atoms with Crippen molar-refractivity contribution in [2.75, 3.05) is 32.8 Å². The van der Waals surface area contributed by atoms with Gasteiger partial charge in [-0.25, -0.2) is 4.79 Å². The van der Waals surface area contributed by atoms with Gasteiger partial charge in [0, 0.05) is 43.1 Å². The van der Waals surface area contributed by atoms with Gasteiger partial charge in [-0.3, -0.25) is 4.79 Å². The lowest BCUT2D eigenvalue weighted by Crippen LogP contribution is -2.50. The quantitative estimate of drug-likeness (QED) is 0.484. The molecule has 1 fully saturated rings. The van der Waals surface area contributed by atoms with E-state index < -0.39 is 0 Å². The Kier molecular flexibility index (Phi) is 6.89. The number of piperazine rings is 1. The Morgan fingerprint density at radius 2 is 1.51 bits per heavy atom. The minimum atomic E-state index is -0.302. The first kappa shape index (κ1) is 23.2. The van der Waals surface area contributed by atoms with Crippen molar-refractivity contribution in [1.29, 1.82) is 0 Å². The van der Waals surface area contributed by atoms with Gasteiger partial charge in [0.1, 0.15) is 0 Å². The van der Waals surface area contributed by atoms with Crippen molar-refractivity contribution in [3.63, 3.8) is 0 Å². The van der Waals surface area contributed by atoms with E-state index in [1.54, 1.807) is 11.8 Å². The van der Waals surface area contributed by atoms with Crippen molar-refractivity contribution in [2.24, 2.45) is 0 Å². The number of rotatable bonds is 4. The Balaban J connectivity index is 1.38. The van der Waals surface area contributed by atoms with E-state index in [0.29, 0.717) is 38.3 Å². The van der Waals surface area contributed by atoms with Crippen LogP contribution in [0.15, 0.2) is 60.7 Å². The van der Waals surface area contributed by atoms with E-state index in [1.807, 2.05) is 17.0 Å². The first-order chi connectivity index (χ1) is 17.2. The van der Waals surface area contributed by atoms with Crippen LogP contribution in [0.25, 0.3) is 16.9 Å². The molecule has 0 spiro atoms. The van der Waals surface area contributed by atoms with Gasteiger partial charge in [0.25, 0.3) is 5.91 Å². The summed E-state index contributed by atoms with van der Waals surface area (Å²) < 4.78 is 7.47. The minimum absolute atomic E-state index is 0.00896. The van der Waals surface area contributed by atoms with Gasteiger partial charge < -0.3 is 19.1 Å². The molecule has 2 amide bonds. The molecule has 182 valence electrons. The average molecular weight is 472 g/mol. The monoisotopic (exact) mass is 471 g/mol. The van der Waals surface area contributed by atoms with Crippen LogP contribution < -0.4 is 0 Å². The Morgan fingerprint density at radius 1 is 0.829 bits per heavy atom. The summed E-state index contributed by atoms with van der Waals surface area (Å²) in [5.74, 6) is 0.00896. The molecule has 2 aliphatic rings. The summed E-state index contributed by atoms with van der Waals surface area (Å²) >= 11 is 0. The van der Waals surface area contributed by atoms with E-state index in [9.17, 15) is 9.59 Å². The van der Waals surface area contributed by atoms with Crippen LogP contribution in [0.2, 0.25) is 0 Å². The van der Waals surface area contributed by atoms with Crippen molar-refractivity contribution in [2.45, 2.75) is 39.0 Å². The summed E-state index contributed by atoms with van der Waals surface area (Å²) in [5.41, 5.74) is 7.04. The van der Waals surface area contributed by atoms with Gasteiger partial charge in [0.15, 0.2) is 0 Å². The number of carbonyl (C=O) groups excluding carboxylic acids is 2. The topological polar surface area (TPSA) is 54.8 Å². The van der Waals surface area contributed by atoms with E-state index in [2.05, 4.69) is 53.1 Å². The Hall–Kier alpha value is -3.54. The third-order valence-corrected chi connectivity index (χ3v) is 7.09. The highest BCUT2D eigenvalue weighted by Crippen LogP contribution is 2.33. The Bertz CT molecular complexity index is 1180. The highest BCUT2D eigenvalue weighted by Gasteiger charge is 2.26.